The van der Waals surface area contributed by atoms with Crippen LogP contribution in [0.25, 0.3) is 0 Å². The van der Waals surface area contributed by atoms with E-state index in [-0.39, 0.29) is 0 Å². The Labute approximate surface area is 126 Å². The SMILES string of the molecule is Cc1nc(Nc2ccc(C(C)C)cc2)cc(NC2CC2)n1. The van der Waals surface area contributed by atoms with Crippen molar-refractivity contribution in [1.82, 2.24) is 9.97 Å². The summed E-state index contributed by atoms with van der Waals surface area (Å²) in [6.07, 6.45) is 2.48. The highest BCUT2D eigenvalue weighted by Crippen LogP contribution is 2.25. The van der Waals surface area contributed by atoms with Crippen LogP contribution < -0.4 is 10.6 Å². The standard InChI is InChI=1S/C17H22N4/c1-11(2)13-4-6-14(7-5-13)20-16-10-17(19-12(3)18-16)21-15-8-9-15/h4-7,10-11,15H,8-9H2,1-3H3,(H2,18,19,20,21). The Morgan fingerprint density at radius 2 is 1.71 bits per heavy atom. The van der Waals surface area contributed by atoms with Crippen molar-refractivity contribution in [3.05, 3.63) is 41.7 Å². The molecule has 0 spiro atoms. The molecule has 1 aliphatic rings. The highest BCUT2D eigenvalue weighted by Gasteiger charge is 2.21. The summed E-state index contributed by atoms with van der Waals surface area (Å²) in [5, 5.41) is 6.77. The number of nitrogens with one attached hydrogen (secondary N) is 2. The van der Waals surface area contributed by atoms with Crippen LogP contribution in [0.2, 0.25) is 0 Å². The van der Waals surface area contributed by atoms with Crippen molar-refractivity contribution in [2.75, 3.05) is 10.6 Å². The highest BCUT2D eigenvalue weighted by atomic mass is 15.1. The second-order valence-electron chi connectivity index (χ2n) is 6.01. The number of rotatable bonds is 5. The Kier molecular flexibility index (Phi) is 3.78. The molecule has 0 unspecified atom stereocenters. The molecule has 4 nitrogen and oxygen atoms in total. The molecule has 1 saturated carbocycles. The van der Waals surface area contributed by atoms with Crippen molar-refractivity contribution in [3.63, 3.8) is 0 Å². The van der Waals surface area contributed by atoms with Crippen LogP contribution >= 0.6 is 0 Å². The molecule has 0 amide bonds. The predicted molar refractivity (Wildman–Crippen MR) is 87.2 cm³/mol. The maximum atomic E-state index is 4.45. The lowest BCUT2D eigenvalue weighted by Gasteiger charge is -2.11. The summed E-state index contributed by atoms with van der Waals surface area (Å²) in [5.74, 6) is 3.07. The Hall–Kier alpha value is -2.10. The van der Waals surface area contributed by atoms with E-state index in [1.165, 1.54) is 18.4 Å². The summed E-state index contributed by atoms with van der Waals surface area (Å²) in [7, 11) is 0. The van der Waals surface area contributed by atoms with Crippen molar-refractivity contribution in [2.24, 2.45) is 0 Å². The van der Waals surface area contributed by atoms with E-state index in [1.54, 1.807) is 0 Å². The maximum Gasteiger partial charge on any atom is 0.136 e. The first kappa shape index (κ1) is 13.9. The van der Waals surface area contributed by atoms with Gasteiger partial charge in [0.05, 0.1) is 0 Å². The monoisotopic (exact) mass is 282 g/mol. The molecular formula is C17H22N4. The van der Waals surface area contributed by atoms with Crippen molar-refractivity contribution >= 4 is 17.3 Å². The molecule has 110 valence electrons. The largest absolute Gasteiger partial charge is 0.367 e. The zero-order valence-corrected chi connectivity index (χ0v) is 12.9. The number of aromatic nitrogens is 2. The lowest BCUT2D eigenvalue weighted by atomic mass is 10.0. The number of nitrogens with zero attached hydrogens (tertiary/aromatic N) is 2. The van der Waals surface area contributed by atoms with Crippen LogP contribution in [0, 0.1) is 6.92 Å². The third-order valence-electron chi connectivity index (χ3n) is 3.62. The van der Waals surface area contributed by atoms with E-state index in [9.17, 15) is 0 Å². The molecule has 2 N–H and O–H groups in total. The lowest BCUT2D eigenvalue weighted by Crippen LogP contribution is -2.06. The summed E-state index contributed by atoms with van der Waals surface area (Å²) >= 11 is 0. The van der Waals surface area contributed by atoms with Crippen LogP contribution in [0.15, 0.2) is 30.3 Å². The minimum absolute atomic E-state index is 0.551. The van der Waals surface area contributed by atoms with Gasteiger partial charge in [-0.15, -0.1) is 0 Å². The van der Waals surface area contributed by atoms with Gasteiger partial charge in [-0.25, -0.2) is 9.97 Å². The Morgan fingerprint density at radius 1 is 1.05 bits per heavy atom. The predicted octanol–water partition coefficient (Wildman–Crippen LogP) is 4.23. The van der Waals surface area contributed by atoms with Gasteiger partial charge in [-0.3, -0.25) is 0 Å². The summed E-state index contributed by atoms with van der Waals surface area (Å²) in [5.41, 5.74) is 2.39. The Morgan fingerprint density at radius 3 is 2.33 bits per heavy atom. The first-order valence-electron chi connectivity index (χ1n) is 7.59. The fourth-order valence-corrected chi connectivity index (χ4v) is 2.24. The van der Waals surface area contributed by atoms with E-state index >= 15 is 0 Å². The van der Waals surface area contributed by atoms with E-state index in [0.717, 1.165) is 23.1 Å². The van der Waals surface area contributed by atoms with Crippen LogP contribution in [0.1, 0.15) is 44.0 Å². The number of benzene rings is 1. The molecule has 0 aliphatic heterocycles. The molecule has 0 radical (unpaired) electrons. The van der Waals surface area contributed by atoms with E-state index in [2.05, 4.69) is 58.7 Å². The average molecular weight is 282 g/mol. The van der Waals surface area contributed by atoms with Crippen LogP contribution in [0.4, 0.5) is 17.3 Å². The van der Waals surface area contributed by atoms with Crippen molar-refractivity contribution in [3.8, 4) is 0 Å². The van der Waals surface area contributed by atoms with E-state index in [1.807, 2.05) is 13.0 Å². The zero-order chi connectivity index (χ0) is 14.8. The summed E-state index contributed by atoms with van der Waals surface area (Å²) in [6, 6.07) is 11.1. The van der Waals surface area contributed by atoms with Gasteiger partial charge in [-0.1, -0.05) is 26.0 Å². The van der Waals surface area contributed by atoms with Crippen molar-refractivity contribution in [2.45, 2.75) is 45.6 Å². The molecule has 1 aromatic heterocycles. The highest BCUT2D eigenvalue weighted by molar-refractivity contribution is 5.59. The van der Waals surface area contributed by atoms with Crippen LogP contribution in [0.5, 0.6) is 0 Å². The van der Waals surface area contributed by atoms with Gasteiger partial charge in [0.25, 0.3) is 0 Å². The third kappa shape index (κ3) is 3.72. The van der Waals surface area contributed by atoms with Gasteiger partial charge in [0.2, 0.25) is 0 Å². The molecule has 1 aliphatic carbocycles. The maximum absolute atomic E-state index is 4.45. The number of hydrogen-bond acceptors (Lipinski definition) is 4. The second kappa shape index (κ2) is 5.72. The molecule has 3 rings (SSSR count). The molecule has 4 heteroatoms. The van der Waals surface area contributed by atoms with Crippen LogP contribution in [-0.4, -0.2) is 16.0 Å². The lowest BCUT2D eigenvalue weighted by molar-refractivity contribution is 0.867. The van der Waals surface area contributed by atoms with Gasteiger partial charge in [0.15, 0.2) is 0 Å². The Bertz CT molecular complexity index is 615. The van der Waals surface area contributed by atoms with Crippen LogP contribution in [-0.2, 0) is 0 Å². The topological polar surface area (TPSA) is 49.8 Å². The minimum atomic E-state index is 0.551. The molecule has 0 saturated heterocycles. The molecular weight excluding hydrogens is 260 g/mol. The van der Waals surface area contributed by atoms with Gasteiger partial charge in [0, 0.05) is 17.8 Å². The third-order valence-corrected chi connectivity index (χ3v) is 3.62. The summed E-state index contributed by atoms with van der Waals surface area (Å²) in [6.45, 7) is 6.32. The number of aryl methyl sites for hydroxylation is 1. The van der Waals surface area contributed by atoms with Gasteiger partial charge in [-0.2, -0.15) is 0 Å². The number of hydrogen-bond donors (Lipinski definition) is 2. The molecule has 0 atom stereocenters. The fourth-order valence-electron chi connectivity index (χ4n) is 2.24. The van der Waals surface area contributed by atoms with Crippen molar-refractivity contribution in [1.29, 1.82) is 0 Å². The second-order valence-corrected chi connectivity index (χ2v) is 6.01. The van der Waals surface area contributed by atoms with Gasteiger partial charge < -0.3 is 10.6 Å². The molecule has 1 heterocycles. The normalized spacial score (nSPS) is 14.3. The van der Waals surface area contributed by atoms with E-state index in [0.29, 0.717) is 12.0 Å². The summed E-state index contributed by atoms with van der Waals surface area (Å²) in [4.78, 5) is 8.88. The quantitative estimate of drug-likeness (QED) is 0.861. The average Bonchev–Trinajstić information content (AvgIpc) is 3.22. The number of anilines is 3. The molecule has 0 bridgehead atoms. The molecule has 1 fully saturated rings. The minimum Gasteiger partial charge on any atom is -0.367 e. The van der Waals surface area contributed by atoms with Crippen molar-refractivity contribution < 1.29 is 0 Å². The fraction of sp³-hybridized carbons (Fsp3) is 0.412. The molecule has 21 heavy (non-hydrogen) atoms. The Balaban J connectivity index is 1.75. The van der Waals surface area contributed by atoms with E-state index < -0.39 is 0 Å². The molecule has 1 aromatic carbocycles. The summed E-state index contributed by atoms with van der Waals surface area (Å²) < 4.78 is 0. The van der Waals surface area contributed by atoms with E-state index in [4.69, 9.17) is 0 Å². The van der Waals surface area contributed by atoms with Gasteiger partial charge in [-0.05, 0) is 43.4 Å². The van der Waals surface area contributed by atoms with Crippen LogP contribution in [0.3, 0.4) is 0 Å². The first-order valence-corrected chi connectivity index (χ1v) is 7.59. The van der Waals surface area contributed by atoms with Gasteiger partial charge in [0.1, 0.15) is 17.5 Å². The smallest absolute Gasteiger partial charge is 0.136 e. The van der Waals surface area contributed by atoms with Gasteiger partial charge >= 0.3 is 0 Å². The zero-order valence-electron chi connectivity index (χ0n) is 12.9. The molecule has 2 aromatic rings. The first-order chi connectivity index (χ1) is 10.1.